The van der Waals surface area contributed by atoms with Crippen molar-refractivity contribution in [3.05, 3.63) is 6.42 Å². The fraction of sp³-hybridized carbons (Fsp3) is 0.833. The van der Waals surface area contributed by atoms with E-state index in [-0.39, 0.29) is 11.7 Å². The summed E-state index contributed by atoms with van der Waals surface area (Å²) in [5.74, 6) is -0.430. The third kappa shape index (κ3) is 12.8. The van der Waals surface area contributed by atoms with Crippen LogP contribution in [-0.4, -0.2) is 46.4 Å². The number of rotatable bonds is 16. The fourth-order valence-corrected chi connectivity index (χ4v) is 2.70. The Balaban J connectivity index is 3.74. The summed E-state index contributed by atoms with van der Waals surface area (Å²) < 4.78 is 0. The zero-order valence-electron chi connectivity index (χ0n) is 14.9. The van der Waals surface area contributed by atoms with Crippen LogP contribution in [-0.2, 0) is 9.59 Å². The van der Waals surface area contributed by atoms with E-state index < -0.39 is 24.5 Å². The summed E-state index contributed by atoms with van der Waals surface area (Å²) in [4.78, 5) is 23.7. The van der Waals surface area contributed by atoms with E-state index in [4.69, 9.17) is 5.11 Å². The average Bonchev–Trinajstić information content (AvgIpc) is 2.57. The van der Waals surface area contributed by atoms with E-state index >= 15 is 0 Å². The van der Waals surface area contributed by atoms with Crippen molar-refractivity contribution < 1.29 is 19.8 Å². The number of nitrogens with one attached hydrogen (secondary N) is 1. The second kappa shape index (κ2) is 15.9. The Labute approximate surface area is 152 Å². The number of hydrogen-bond acceptors (Lipinski definition) is 5. The Morgan fingerprint density at radius 3 is 2.08 bits per heavy atom. The van der Waals surface area contributed by atoms with Gasteiger partial charge >= 0.3 is 0 Å². The standard InChI is InChI=1S/C18H34NO4S/c1-2-3-4-5-6-7-8-9-10-11-18(23)19-16(14-24)17(22)12-15(21)13-20/h12,15-16,20-21,24H,2-11,13-14H2,1H3,(H,19,23)/t15-,16+/m1/s1. The molecule has 0 aromatic heterocycles. The molecule has 0 aromatic rings. The lowest BCUT2D eigenvalue weighted by molar-refractivity contribution is -0.126. The topological polar surface area (TPSA) is 86.6 Å². The molecule has 0 aliphatic heterocycles. The second-order valence-electron chi connectivity index (χ2n) is 6.20. The predicted molar refractivity (Wildman–Crippen MR) is 100 cm³/mol. The molecule has 0 bridgehead atoms. The third-order valence-electron chi connectivity index (χ3n) is 3.91. The fourth-order valence-electron chi connectivity index (χ4n) is 2.43. The monoisotopic (exact) mass is 360 g/mol. The summed E-state index contributed by atoms with van der Waals surface area (Å²) in [7, 11) is 0. The van der Waals surface area contributed by atoms with Crippen LogP contribution in [0, 0.1) is 6.42 Å². The van der Waals surface area contributed by atoms with E-state index in [0.717, 1.165) is 25.7 Å². The highest BCUT2D eigenvalue weighted by molar-refractivity contribution is 7.80. The first-order valence-corrected chi connectivity index (χ1v) is 9.76. The van der Waals surface area contributed by atoms with Crippen LogP contribution in [0.3, 0.4) is 0 Å². The quantitative estimate of drug-likeness (QED) is 0.252. The summed E-state index contributed by atoms with van der Waals surface area (Å²) in [5.41, 5.74) is 0. The minimum atomic E-state index is -1.20. The molecule has 0 unspecified atom stereocenters. The van der Waals surface area contributed by atoms with Crippen LogP contribution < -0.4 is 5.32 Å². The van der Waals surface area contributed by atoms with Crippen molar-refractivity contribution in [1.82, 2.24) is 5.32 Å². The number of thiol groups is 1. The molecule has 141 valence electrons. The van der Waals surface area contributed by atoms with Gasteiger partial charge in [-0.25, -0.2) is 0 Å². The summed E-state index contributed by atoms with van der Waals surface area (Å²) in [6.45, 7) is 1.70. The van der Waals surface area contributed by atoms with Gasteiger partial charge in [0.05, 0.1) is 25.2 Å². The number of amides is 1. The maximum absolute atomic E-state index is 11.9. The molecule has 0 aromatic carbocycles. The molecular formula is C18H34NO4S. The van der Waals surface area contributed by atoms with E-state index in [1.54, 1.807) is 0 Å². The minimum Gasteiger partial charge on any atom is -0.394 e. The molecule has 0 heterocycles. The Bertz CT molecular complexity index is 339. The molecule has 3 N–H and O–H groups in total. The van der Waals surface area contributed by atoms with Crippen LogP contribution in [0.4, 0.5) is 0 Å². The highest BCUT2D eigenvalue weighted by Crippen LogP contribution is 2.10. The van der Waals surface area contributed by atoms with Crippen molar-refractivity contribution in [1.29, 1.82) is 0 Å². The molecule has 6 heteroatoms. The molecule has 0 fully saturated rings. The van der Waals surface area contributed by atoms with Crippen molar-refractivity contribution in [2.24, 2.45) is 0 Å². The molecule has 0 rings (SSSR count). The Kier molecular flexibility index (Phi) is 15.5. The highest BCUT2D eigenvalue weighted by Gasteiger charge is 2.21. The molecule has 0 spiro atoms. The van der Waals surface area contributed by atoms with Crippen molar-refractivity contribution in [3.8, 4) is 0 Å². The van der Waals surface area contributed by atoms with Gasteiger partial charge in [0.2, 0.25) is 5.91 Å². The number of unbranched alkanes of at least 4 members (excludes halogenated alkanes) is 8. The van der Waals surface area contributed by atoms with E-state index in [1.807, 2.05) is 0 Å². The second-order valence-corrected chi connectivity index (χ2v) is 6.57. The highest BCUT2D eigenvalue weighted by atomic mass is 32.1. The van der Waals surface area contributed by atoms with Crippen molar-refractivity contribution >= 4 is 24.3 Å². The van der Waals surface area contributed by atoms with Gasteiger partial charge in [0.15, 0.2) is 5.78 Å². The number of aliphatic hydroxyl groups is 2. The molecule has 1 amide bonds. The van der Waals surface area contributed by atoms with Crippen LogP contribution in [0.25, 0.3) is 0 Å². The van der Waals surface area contributed by atoms with Gasteiger partial charge < -0.3 is 15.5 Å². The van der Waals surface area contributed by atoms with Gasteiger partial charge in [0, 0.05) is 12.2 Å². The maximum Gasteiger partial charge on any atom is 0.220 e. The largest absolute Gasteiger partial charge is 0.394 e. The molecule has 0 saturated heterocycles. The normalized spacial score (nSPS) is 13.5. The number of carbonyl (C=O) groups excluding carboxylic acids is 2. The molecule has 0 aliphatic rings. The number of Topliss-reactive ketones (excluding diaryl/α,β-unsaturated/α-hetero) is 1. The Hall–Kier alpha value is -0.590. The van der Waals surface area contributed by atoms with Gasteiger partial charge in [0.1, 0.15) is 0 Å². The Morgan fingerprint density at radius 2 is 1.58 bits per heavy atom. The van der Waals surface area contributed by atoms with Gasteiger partial charge in [-0.3, -0.25) is 9.59 Å². The summed E-state index contributed by atoms with van der Waals surface area (Å²) in [6, 6.07) is -0.749. The summed E-state index contributed by atoms with van der Waals surface area (Å²) in [5, 5.41) is 20.6. The van der Waals surface area contributed by atoms with Crippen molar-refractivity contribution in [2.45, 2.75) is 83.3 Å². The number of carbonyl (C=O) groups is 2. The van der Waals surface area contributed by atoms with Gasteiger partial charge in [-0.05, 0) is 6.42 Å². The number of aliphatic hydroxyl groups excluding tert-OH is 2. The summed E-state index contributed by atoms with van der Waals surface area (Å²) >= 11 is 4.05. The smallest absolute Gasteiger partial charge is 0.220 e. The lowest BCUT2D eigenvalue weighted by Crippen LogP contribution is -2.43. The van der Waals surface area contributed by atoms with E-state index in [9.17, 15) is 14.7 Å². The van der Waals surface area contributed by atoms with Crippen LogP contribution in [0.5, 0.6) is 0 Å². The van der Waals surface area contributed by atoms with E-state index in [0.29, 0.717) is 6.42 Å². The van der Waals surface area contributed by atoms with Gasteiger partial charge in [0.25, 0.3) is 0 Å². The zero-order valence-corrected chi connectivity index (χ0v) is 15.8. The predicted octanol–water partition coefficient (Wildman–Crippen LogP) is 2.45. The van der Waals surface area contributed by atoms with Crippen molar-refractivity contribution in [3.63, 3.8) is 0 Å². The lowest BCUT2D eigenvalue weighted by Gasteiger charge is -2.16. The van der Waals surface area contributed by atoms with E-state index in [1.165, 1.54) is 38.5 Å². The first-order chi connectivity index (χ1) is 11.5. The molecule has 2 atom stereocenters. The average molecular weight is 361 g/mol. The van der Waals surface area contributed by atoms with Crippen LogP contribution in [0.1, 0.15) is 71.1 Å². The number of ketones is 1. The maximum atomic E-state index is 11.9. The molecule has 5 nitrogen and oxygen atoms in total. The first-order valence-electron chi connectivity index (χ1n) is 9.13. The minimum absolute atomic E-state index is 0.164. The molecular weight excluding hydrogens is 326 g/mol. The number of hydrogen-bond donors (Lipinski definition) is 4. The van der Waals surface area contributed by atoms with Crippen LogP contribution in [0.15, 0.2) is 0 Å². The molecule has 0 aliphatic carbocycles. The van der Waals surface area contributed by atoms with Crippen molar-refractivity contribution in [2.75, 3.05) is 12.4 Å². The first kappa shape index (κ1) is 23.4. The molecule has 24 heavy (non-hydrogen) atoms. The van der Waals surface area contributed by atoms with Gasteiger partial charge in [-0.1, -0.05) is 58.3 Å². The lowest BCUT2D eigenvalue weighted by atomic mass is 10.1. The Morgan fingerprint density at radius 1 is 1.04 bits per heavy atom. The molecule has 1 radical (unpaired) electrons. The van der Waals surface area contributed by atoms with Gasteiger partial charge in [-0.2, -0.15) is 12.6 Å². The van der Waals surface area contributed by atoms with Crippen LogP contribution >= 0.6 is 12.6 Å². The third-order valence-corrected chi connectivity index (χ3v) is 4.28. The summed E-state index contributed by atoms with van der Waals surface area (Å²) in [6.07, 6.45) is 10.9. The van der Waals surface area contributed by atoms with Gasteiger partial charge in [-0.15, -0.1) is 0 Å². The molecule has 0 saturated carbocycles. The van der Waals surface area contributed by atoms with Crippen LogP contribution in [0.2, 0.25) is 0 Å². The zero-order chi connectivity index (χ0) is 18.2. The van der Waals surface area contributed by atoms with E-state index in [2.05, 4.69) is 24.9 Å². The SMILES string of the molecule is CCCCCCCCCCCC(=O)N[C@@H](CS)C(=O)[CH][C@@H](O)CO.